The molecule has 1 aliphatic carbocycles. The van der Waals surface area contributed by atoms with Gasteiger partial charge in [-0.05, 0) is 17.4 Å². The molecule has 5 heteroatoms. The van der Waals surface area contributed by atoms with Crippen molar-refractivity contribution in [3.8, 4) is 0 Å². The molecule has 1 N–H and O–H groups in total. The molecular weight excluding hydrogens is 211 g/mol. The van der Waals surface area contributed by atoms with Crippen LogP contribution in [0.5, 0.6) is 0 Å². The Bertz CT molecular complexity index is 186. The second-order valence-corrected chi connectivity index (χ2v) is 5.45. The molecular formula is C8H15ClO3P+. The van der Waals surface area contributed by atoms with Gasteiger partial charge in [-0.1, -0.05) is 12.8 Å². The maximum Gasteiger partial charge on any atom is 0.540 e. The Morgan fingerprint density at radius 1 is 1.54 bits per heavy atom. The average molecular weight is 226 g/mol. The minimum absolute atomic E-state index is 0.0496. The van der Waals surface area contributed by atoms with Gasteiger partial charge in [-0.25, -0.2) is 0 Å². The van der Waals surface area contributed by atoms with E-state index in [1.807, 2.05) is 0 Å². The molecule has 4 atom stereocenters. The lowest BCUT2D eigenvalue weighted by Crippen LogP contribution is -2.26. The van der Waals surface area contributed by atoms with E-state index in [1.54, 1.807) is 0 Å². The zero-order chi connectivity index (χ0) is 9.84. The van der Waals surface area contributed by atoms with Gasteiger partial charge >= 0.3 is 8.03 Å². The zero-order valence-corrected chi connectivity index (χ0v) is 9.30. The monoisotopic (exact) mass is 225 g/mol. The Morgan fingerprint density at radius 2 is 2.15 bits per heavy atom. The molecule has 13 heavy (non-hydrogen) atoms. The van der Waals surface area contributed by atoms with Crippen LogP contribution in [0.2, 0.25) is 0 Å². The third-order valence-electron chi connectivity index (χ3n) is 2.17. The highest BCUT2D eigenvalue weighted by Gasteiger charge is 2.35. The van der Waals surface area contributed by atoms with Crippen molar-refractivity contribution in [1.29, 1.82) is 0 Å². The lowest BCUT2D eigenvalue weighted by atomic mass is 9.97. The molecule has 1 rings (SSSR count). The van der Waals surface area contributed by atoms with Crippen LogP contribution >= 0.6 is 19.6 Å². The third-order valence-corrected chi connectivity index (χ3v) is 3.75. The maximum atomic E-state index is 11.2. The Balaban J connectivity index is 2.38. The van der Waals surface area contributed by atoms with E-state index in [9.17, 15) is 4.57 Å². The van der Waals surface area contributed by atoms with Crippen LogP contribution in [0.4, 0.5) is 0 Å². The molecule has 0 aromatic heterocycles. The molecule has 0 saturated heterocycles. The van der Waals surface area contributed by atoms with Crippen molar-refractivity contribution in [1.82, 2.24) is 0 Å². The highest BCUT2D eigenvalue weighted by molar-refractivity contribution is 7.39. The van der Waals surface area contributed by atoms with Gasteiger partial charge in [0.2, 0.25) is 0 Å². The van der Waals surface area contributed by atoms with Crippen molar-refractivity contribution in [2.24, 2.45) is 0 Å². The number of alkyl halides is 1. The summed E-state index contributed by atoms with van der Waals surface area (Å²) in [6, 6.07) is 0. The quantitative estimate of drug-likeness (QED) is 0.593. The largest absolute Gasteiger partial charge is 0.540 e. The predicted molar refractivity (Wildman–Crippen MR) is 52.3 cm³/mol. The fourth-order valence-corrected chi connectivity index (χ4v) is 2.49. The zero-order valence-electron chi connectivity index (χ0n) is 7.65. The molecule has 0 bridgehead atoms. The molecule has 76 valence electrons. The van der Waals surface area contributed by atoms with Crippen molar-refractivity contribution in [3.05, 3.63) is 0 Å². The van der Waals surface area contributed by atoms with Crippen LogP contribution in [0, 0.1) is 0 Å². The molecule has 0 spiro atoms. The minimum Gasteiger partial charge on any atom is -0.349 e. The van der Waals surface area contributed by atoms with Crippen molar-refractivity contribution in [2.45, 2.75) is 49.9 Å². The number of aliphatic hydroxyl groups excluding tert-OH is 1. The molecule has 0 heterocycles. The van der Waals surface area contributed by atoms with Crippen LogP contribution in [0.1, 0.15) is 32.6 Å². The Labute approximate surface area is 84.3 Å². The Hall–Kier alpha value is 0.310. The standard InChI is InChI=1S/C8H15ClO3P/c1-6(10)13(11)12-8-5-3-2-4-7(8)9/h6-8,10H,2-5H2,1H3/q+1. The van der Waals surface area contributed by atoms with E-state index in [1.165, 1.54) is 6.92 Å². The van der Waals surface area contributed by atoms with Gasteiger partial charge < -0.3 is 5.11 Å². The van der Waals surface area contributed by atoms with E-state index < -0.39 is 13.9 Å². The molecule has 1 saturated carbocycles. The molecule has 0 aromatic carbocycles. The van der Waals surface area contributed by atoms with E-state index in [0.717, 1.165) is 25.7 Å². The molecule has 0 aliphatic heterocycles. The highest BCUT2D eigenvalue weighted by atomic mass is 35.5. The number of hydrogen-bond donors (Lipinski definition) is 1. The number of rotatable bonds is 3. The first-order chi connectivity index (χ1) is 6.11. The maximum absolute atomic E-state index is 11.2. The molecule has 0 radical (unpaired) electrons. The Kier molecular flexibility index (Phi) is 4.60. The van der Waals surface area contributed by atoms with Crippen molar-refractivity contribution in [2.75, 3.05) is 0 Å². The minimum atomic E-state index is -1.97. The summed E-state index contributed by atoms with van der Waals surface area (Å²) < 4.78 is 16.4. The first kappa shape index (κ1) is 11.4. The van der Waals surface area contributed by atoms with E-state index in [-0.39, 0.29) is 11.5 Å². The van der Waals surface area contributed by atoms with Gasteiger partial charge in [-0.3, -0.25) is 0 Å². The first-order valence-electron chi connectivity index (χ1n) is 4.56. The summed E-state index contributed by atoms with van der Waals surface area (Å²) in [6.45, 7) is 1.46. The summed E-state index contributed by atoms with van der Waals surface area (Å²) in [4.78, 5) is 0. The fourth-order valence-electron chi connectivity index (χ4n) is 1.39. The highest BCUT2D eigenvalue weighted by Crippen LogP contribution is 2.36. The van der Waals surface area contributed by atoms with Crippen molar-refractivity contribution in [3.63, 3.8) is 0 Å². The van der Waals surface area contributed by atoms with Crippen LogP contribution in [0.3, 0.4) is 0 Å². The average Bonchev–Trinajstić information content (AvgIpc) is 2.08. The summed E-state index contributed by atoms with van der Waals surface area (Å²) in [5.41, 5.74) is 0. The Morgan fingerprint density at radius 3 is 2.69 bits per heavy atom. The SMILES string of the molecule is CC(O)[P+](=O)OC1CCCCC1Cl. The van der Waals surface area contributed by atoms with Gasteiger partial charge in [0.25, 0.3) is 5.85 Å². The summed E-state index contributed by atoms with van der Waals surface area (Å²) in [5.74, 6) is -0.902. The summed E-state index contributed by atoms with van der Waals surface area (Å²) >= 11 is 6.00. The molecule has 1 fully saturated rings. The topological polar surface area (TPSA) is 46.5 Å². The van der Waals surface area contributed by atoms with Crippen LogP contribution in [-0.4, -0.2) is 22.4 Å². The van der Waals surface area contributed by atoms with Gasteiger partial charge in [0.1, 0.15) is 6.10 Å². The van der Waals surface area contributed by atoms with E-state index in [4.69, 9.17) is 21.2 Å². The molecule has 3 nitrogen and oxygen atoms in total. The number of aliphatic hydroxyl groups is 1. The smallest absolute Gasteiger partial charge is 0.349 e. The van der Waals surface area contributed by atoms with E-state index in [2.05, 4.69) is 0 Å². The number of hydrogen-bond acceptors (Lipinski definition) is 3. The number of halogens is 1. The fraction of sp³-hybridized carbons (Fsp3) is 1.00. The van der Waals surface area contributed by atoms with Gasteiger partial charge in [-0.2, -0.15) is 0 Å². The van der Waals surface area contributed by atoms with E-state index in [0.29, 0.717) is 0 Å². The second kappa shape index (κ2) is 5.26. The summed E-state index contributed by atoms with van der Waals surface area (Å²) in [7, 11) is -1.97. The molecule has 1 aliphatic rings. The van der Waals surface area contributed by atoms with Gasteiger partial charge in [0, 0.05) is 6.92 Å². The predicted octanol–water partition coefficient (Wildman–Crippen LogP) is 2.63. The normalized spacial score (nSPS) is 32.7. The van der Waals surface area contributed by atoms with E-state index >= 15 is 0 Å². The van der Waals surface area contributed by atoms with Crippen LogP contribution < -0.4 is 0 Å². The van der Waals surface area contributed by atoms with Gasteiger partial charge in [0.15, 0.2) is 0 Å². The lowest BCUT2D eigenvalue weighted by molar-refractivity contribution is 0.150. The third kappa shape index (κ3) is 3.51. The van der Waals surface area contributed by atoms with Crippen molar-refractivity contribution >= 4 is 19.6 Å². The van der Waals surface area contributed by atoms with Crippen LogP contribution in [-0.2, 0) is 9.09 Å². The lowest BCUT2D eigenvalue weighted by Gasteiger charge is -2.22. The molecule has 4 unspecified atom stereocenters. The first-order valence-corrected chi connectivity index (χ1v) is 6.25. The molecule has 0 amide bonds. The van der Waals surface area contributed by atoms with Crippen molar-refractivity contribution < 1.29 is 14.2 Å². The van der Waals surface area contributed by atoms with Gasteiger partial charge in [-0.15, -0.1) is 16.1 Å². The summed E-state index contributed by atoms with van der Waals surface area (Å²) in [5, 5.41) is 8.94. The molecule has 0 aromatic rings. The van der Waals surface area contributed by atoms with Crippen LogP contribution in [0.25, 0.3) is 0 Å². The second-order valence-electron chi connectivity index (χ2n) is 3.36. The summed E-state index contributed by atoms with van der Waals surface area (Å²) in [6.07, 6.45) is 3.79. The van der Waals surface area contributed by atoms with Crippen LogP contribution in [0.15, 0.2) is 0 Å². The van der Waals surface area contributed by atoms with Gasteiger partial charge in [0.05, 0.1) is 5.38 Å².